The zero-order valence-electron chi connectivity index (χ0n) is 16.0. The molecule has 2 aromatic rings. The van der Waals surface area contributed by atoms with Gasteiger partial charge in [0.1, 0.15) is 17.6 Å². The first-order valence-electron chi connectivity index (χ1n) is 9.75. The Hall–Kier alpha value is -1.95. The average molecular weight is 436 g/mol. The zero-order chi connectivity index (χ0) is 20.3. The quantitative estimate of drug-likeness (QED) is 0.688. The van der Waals surface area contributed by atoms with Crippen LogP contribution in [0.4, 0.5) is 0 Å². The number of rotatable bonds is 5. The number of carbonyl (C=O) groups excluding carboxylic acids is 1. The number of benzene rings is 2. The van der Waals surface area contributed by atoms with Crippen LogP contribution >= 0.6 is 23.2 Å². The van der Waals surface area contributed by atoms with Gasteiger partial charge in [-0.3, -0.25) is 4.79 Å². The second kappa shape index (κ2) is 8.82. The van der Waals surface area contributed by atoms with Crippen LogP contribution in [0.5, 0.6) is 11.5 Å². The van der Waals surface area contributed by atoms with Gasteiger partial charge in [-0.15, -0.1) is 0 Å². The van der Waals surface area contributed by atoms with Gasteiger partial charge in [0.2, 0.25) is 0 Å². The Bertz CT molecular complexity index is 877. The molecule has 4 rings (SSSR count). The van der Waals surface area contributed by atoms with Crippen molar-refractivity contribution in [3.63, 3.8) is 0 Å². The van der Waals surface area contributed by atoms with E-state index in [2.05, 4.69) is 0 Å². The molecule has 2 atom stereocenters. The van der Waals surface area contributed by atoms with E-state index < -0.39 is 0 Å². The van der Waals surface area contributed by atoms with Crippen molar-refractivity contribution < 1.29 is 19.0 Å². The lowest BCUT2D eigenvalue weighted by atomic mass is 9.89. The molecule has 0 unspecified atom stereocenters. The van der Waals surface area contributed by atoms with Crippen LogP contribution in [0.3, 0.4) is 0 Å². The van der Waals surface area contributed by atoms with Gasteiger partial charge in [-0.05, 0) is 37.1 Å². The molecule has 2 aromatic carbocycles. The van der Waals surface area contributed by atoms with Gasteiger partial charge in [0.15, 0.2) is 6.61 Å². The van der Waals surface area contributed by atoms with Crippen LogP contribution < -0.4 is 9.47 Å². The molecular formula is C22H23Cl2NO4. The van der Waals surface area contributed by atoms with E-state index in [-0.39, 0.29) is 24.2 Å². The van der Waals surface area contributed by atoms with E-state index >= 15 is 0 Å². The predicted octanol–water partition coefficient (Wildman–Crippen LogP) is 4.60. The van der Waals surface area contributed by atoms with E-state index in [1.54, 1.807) is 12.1 Å². The highest BCUT2D eigenvalue weighted by molar-refractivity contribution is 6.32. The number of piperidine rings is 1. The molecule has 29 heavy (non-hydrogen) atoms. The summed E-state index contributed by atoms with van der Waals surface area (Å²) < 4.78 is 17.8. The lowest BCUT2D eigenvalue weighted by Crippen LogP contribution is -2.51. The Morgan fingerprint density at radius 2 is 1.79 bits per heavy atom. The first kappa shape index (κ1) is 20.3. The summed E-state index contributed by atoms with van der Waals surface area (Å²) in [5.41, 5.74) is -0.371. The number of amides is 1. The molecule has 154 valence electrons. The molecule has 5 nitrogen and oxygen atoms in total. The molecule has 1 spiro atoms. The molecule has 0 aromatic heterocycles. The van der Waals surface area contributed by atoms with Gasteiger partial charge in [0, 0.05) is 19.5 Å². The van der Waals surface area contributed by atoms with E-state index in [0.717, 1.165) is 19.3 Å². The zero-order valence-corrected chi connectivity index (χ0v) is 17.5. The maximum absolute atomic E-state index is 12.7. The van der Waals surface area contributed by atoms with Crippen molar-refractivity contribution in [1.82, 2.24) is 4.90 Å². The fraction of sp³-hybridized carbons (Fsp3) is 0.409. The summed E-state index contributed by atoms with van der Waals surface area (Å²) in [6.45, 7) is 1.69. The number of para-hydroxylation sites is 2. The number of ether oxygens (including phenoxy) is 3. The molecule has 2 aliphatic rings. The molecular weight excluding hydrogens is 413 g/mol. The summed E-state index contributed by atoms with van der Waals surface area (Å²) in [6, 6.07) is 14.6. The van der Waals surface area contributed by atoms with Gasteiger partial charge in [-0.2, -0.15) is 0 Å². The van der Waals surface area contributed by atoms with E-state index in [9.17, 15) is 4.79 Å². The fourth-order valence-electron chi connectivity index (χ4n) is 3.99. The minimum absolute atomic E-state index is 0.0423. The molecule has 0 radical (unpaired) electrons. The second-order valence-corrected chi connectivity index (χ2v) is 8.32. The third-order valence-corrected chi connectivity index (χ3v) is 6.01. The first-order chi connectivity index (χ1) is 14.0. The molecule has 7 heteroatoms. The van der Waals surface area contributed by atoms with Crippen LogP contribution in [0.25, 0.3) is 0 Å². The summed E-state index contributed by atoms with van der Waals surface area (Å²) in [6.07, 6.45) is 2.44. The van der Waals surface area contributed by atoms with Crippen molar-refractivity contribution >= 4 is 29.1 Å². The number of nitrogens with zero attached hydrogens (tertiary/aromatic N) is 1. The van der Waals surface area contributed by atoms with Crippen molar-refractivity contribution in [2.24, 2.45) is 0 Å². The van der Waals surface area contributed by atoms with Gasteiger partial charge in [0.25, 0.3) is 5.91 Å². The molecule has 1 amide bonds. The summed E-state index contributed by atoms with van der Waals surface area (Å²) in [4.78, 5) is 14.5. The number of hydrogen-bond acceptors (Lipinski definition) is 4. The Balaban J connectivity index is 1.34. The topological polar surface area (TPSA) is 48.0 Å². The van der Waals surface area contributed by atoms with E-state index in [0.29, 0.717) is 41.2 Å². The summed E-state index contributed by atoms with van der Waals surface area (Å²) in [7, 11) is 0. The van der Waals surface area contributed by atoms with Gasteiger partial charge < -0.3 is 19.1 Å². The maximum atomic E-state index is 12.7. The van der Waals surface area contributed by atoms with Gasteiger partial charge in [0.05, 0.1) is 22.3 Å². The third-order valence-electron chi connectivity index (χ3n) is 5.39. The van der Waals surface area contributed by atoms with E-state index in [1.807, 2.05) is 41.3 Å². The first-order valence-corrected chi connectivity index (χ1v) is 10.5. The van der Waals surface area contributed by atoms with Crippen LogP contribution in [0, 0.1) is 0 Å². The molecule has 2 heterocycles. The molecule has 0 aliphatic carbocycles. The fourth-order valence-corrected chi connectivity index (χ4v) is 4.36. The molecule has 0 N–H and O–H groups in total. The Kier molecular flexibility index (Phi) is 6.18. The van der Waals surface area contributed by atoms with Crippen molar-refractivity contribution in [2.75, 3.05) is 26.3 Å². The maximum Gasteiger partial charge on any atom is 0.260 e. The summed E-state index contributed by atoms with van der Waals surface area (Å²) in [5, 5.41) is 1.08. The molecule has 2 saturated heterocycles. The van der Waals surface area contributed by atoms with Crippen LogP contribution in [0.15, 0.2) is 48.5 Å². The van der Waals surface area contributed by atoms with E-state index in [4.69, 9.17) is 37.4 Å². The summed E-state index contributed by atoms with van der Waals surface area (Å²) in [5.74, 6) is 1.11. The lowest BCUT2D eigenvalue weighted by Gasteiger charge is -2.39. The monoisotopic (exact) mass is 435 g/mol. The summed E-state index contributed by atoms with van der Waals surface area (Å²) >= 11 is 12.3. The second-order valence-electron chi connectivity index (χ2n) is 7.51. The van der Waals surface area contributed by atoms with Crippen LogP contribution in [0.2, 0.25) is 10.0 Å². The number of likely N-dealkylation sites (tertiary alicyclic amines) is 1. The number of halogens is 2. The Morgan fingerprint density at radius 1 is 1.10 bits per heavy atom. The van der Waals surface area contributed by atoms with Gasteiger partial charge >= 0.3 is 0 Å². The normalized spacial score (nSPS) is 23.9. The largest absolute Gasteiger partial charge is 0.486 e. The highest BCUT2D eigenvalue weighted by Gasteiger charge is 2.45. The highest BCUT2D eigenvalue weighted by Crippen LogP contribution is 2.37. The number of carbonyl (C=O) groups is 1. The smallest absolute Gasteiger partial charge is 0.260 e. The Labute approximate surface area is 180 Å². The average Bonchev–Trinajstić information content (AvgIpc) is 3.10. The standard InChI is InChI=1S/C22H23Cl2NO4/c23-17-6-1-3-8-19(17)27-14-21(26)25-11-5-10-22(15-25)12-16(13-28-22)29-20-9-4-2-7-18(20)24/h1-4,6-9,16H,5,10-15H2/t16-,22-/m1/s1. The van der Waals surface area contributed by atoms with Crippen LogP contribution in [-0.2, 0) is 9.53 Å². The van der Waals surface area contributed by atoms with Crippen molar-refractivity contribution in [3.8, 4) is 11.5 Å². The predicted molar refractivity (Wildman–Crippen MR) is 112 cm³/mol. The van der Waals surface area contributed by atoms with Crippen molar-refractivity contribution in [3.05, 3.63) is 58.6 Å². The number of hydrogen-bond donors (Lipinski definition) is 0. The van der Waals surface area contributed by atoms with Crippen LogP contribution in [-0.4, -0.2) is 48.8 Å². The van der Waals surface area contributed by atoms with Crippen LogP contribution in [0.1, 0.15) is 19.3 Å². The third kappa shape index (κ3) is 4.80. The highest BCUT2D eigenvalue weighted by atomic mass is 35.5. The van der Waals surface area contributed by atoms with Crippen molar-refractivity contribution in [1.29, 1.82) is 0 Å². The molecule has 0 saturated carbocycles. The Morgan fingerprint density at radius 3 is 2.52 bits per heavy atom. The van der Waals surface area contributed by atoms with E-state index in [1.165, 1.54) is 0 Å². The molecule has 2 fully saturated rings. The van der Waals surface area contributed by atoms with Crippen molar-refractivity contribution in [2.45, 2.75) is 31.0 Å². The SMILES string of the molecule is O=C(COc1ccccc1Cl)N1CCC[C@@]2(C[C@@H](Oc3ccccc3Cl)CO2)C1. The lowest BCUT2D eigenvalue weighted by molar-refractivity contribution is -0.141. The molecule has 0 bridgehead atoms. The minimum atomic E-state index is -0.371. The van der Waals surface area contributed by atoms with Gasteiger partial charge in [-0.1, -0.05) is 47.5 Å². The molecule has 2 aliphatic heterocycles. The van der Waals surface area contributed by atoms with Gasteiger partial charge in [-0.25, -0.2) is 0 Å². The minimum Gasteiger partial charge on any atom is -0.486 e.